The molecule has 9 heteroatoms. The van der Waals surface area contributed by atoms with Crippen molar-refractivity contribution in [3.8, 4) is 0 Å². The predicted octanol–water partition coefficient (Wildman–Crippen LogP) is 3.57. The summed E-state index contributed by atoms with van der Waals surface area (Å²) in [5.41, 5.74) is 2.33. The molecule has 2 heterocycles. The minimum absolute atomic E-state index is 0.129. The van der Waals surface area contributed by atoms with Crippen molar-refractivity contribution in [3.63, 3.8) is 0 Å². The highest BCUT2D eigenvalue weighted by Gasteiger charge is 2.37. The Morgan fingerprint density at radius 3 is 2.79 bits per heavy atom. The van der Waals surface area contributed by atoms with Crippen LogP contribution in [0.1, 0.15) is 36.8 Å². The second kappa shape index (κ2) is 8.41. The smallest absolute Gasteiger partial charge is 0.328 e. The zero-order valence-electron chi connectivity index (χ0n) is 15.8. The number of ether oxygens (including phenoxy) is 1. The highest BCUT2D eigenvalue weighted by molar-refractivity contribution is 6.42. The standard InChI is InChI=1S/C19H22Cl2N4O3/c1-10(2)15(18(26)28-3)24-19(27)25-8-7-13-16(23-9-22-13)17(25)11-5-4-6-12(20)14(11)21/h4-6,9-10,15,17H,7-8H2,1-3H3,(H,22,23)(H,24,27)/t15-,17-/m1/s1. The normalized spacial score (nSPS) is 17.2. The van der Waals surface area contributed by atoms with E-state index in [0.29, 0.717) is 34.3 Å². The van der Waals surface area contributed by atoms with Crippen LogP contribution in [-0.4, -0.2) is 46.6 Å². The lowest BCUT2D eigenvalue weighted by molar-refractivity contribution is -0.144. The first-order valence-electron chi connectivity index (χ1n) is 8.96. The van der Waals surface area contributed by atoms with E-state index in [1.165, 1.54) is 7.11 Å². The molecule has 0 radical (unpaired) electrons. The maximum absolute atomic E-state index is 13.1. The third kappa shape index (κ3) is 3.82. The molecule has 0 fully saturated rings. The minimum Gasteiger partial charge on any atom is -0.467 e. The van der Waals surface area contributed by atoms with E-state index in [0.717, 1.165) is 5.69 Å². The van der Waals surface area contributed by atoms with Gasteiger partial charge in [-0.15, -0.1) is 0 Å². The monoisotopic (exact) mass is 424 g/mol. The first-order chi connectivity index (χ1) is 13.3. The number of hydrogen-bond donors (Lipinski definition) is 2. The van der Waals surface area contributed by atoms with Crippen LogP contribution in [0, 0.1) is 5.92 Å². The fourth-order valence-electron chi connectivity index (χ4n) is 3.38. The Morgan fingerprint density at radius 1 is 1.36 bits per heavy atom. The first kappa shape index (κ1) is 20.5. The molecule has 0 saturated carbocycles. The number of amides is 2. The van der Waals surface area contributed by atoms with Crippen LogP contribution in [0.4, 0.5) is 4.79 Å². The largest absolute Gasteiger partial charge is 0.467 e. The fraction of sp³-hybridized carbons (Fsp3) is 0.421. The van der Waals surface area contributed by atoms with E-state index in [2.05, 4.69) is 15.3 Å². The number of H-pyrrole nitrogens is 1. The predicted molar refractivity (Wildman–Crippen MR) is 106 cm³/mol. The van der Waals surface area contributed by atoms with E-state index in [1.54, 1.807) is 23.4 Å². The van der Waals surface area contributed by atoms with Crippen molar-refractivity contribution in [3.05, 3.63) is 51.5 Å². The minimum atomic E-state index is -0.756. The van der Waals surface area contributed by atoms with E-state index >= 15 is 0 Å². The molecule has 0 unspecified atom stereocenters. The summed E-state index contributed by atoms with van der Waals surface area (Å²) >= 11 is 12.7. The zero-order chi connectivity index (χ0) is 20.4. The van der Waals surface area contributed by atoms with Crippen molar-refractivity contribution in [2.45, 2.75) is 32.4 Å². The number of imidazole rings is 1. The number of urea groups is 1. The van der Waals surface area contributed by atoms with Crippen LogP contribution < -0.4 is 5.32 Å². The Labute approximate surface area is 173 Å². The summed E-state index contributed by atoms with van der Waals surface area (Å²) < 4.78 is 4.82. The molecule has 2 atom stereocenters. The summed E-state index contributed by atoms with van der Waals surface area (Å²) in [5, 5.41) is 3.56. The van der Waals surface area contributed by atoms with Gasteiger partial charge in [-0.05, 0) is 12.0 Å². The van der Waals surface area contributed by atoms with E-state index in [4.69, 9.17) is 27.9 Å². The lowest BCUT2D eigenvalue weighted by Gasteiger charge is -2.36. The number of esters is 1. The second-order valence-electron chi connectivity index (χ2n) is 6.95. The molecular weight excluding hydrogens is 403 g/mol. The van der Waals surface area contributed by atoms with Crippen molar-refractivity contribution >= 4 is 35.2 Å². The van der Waals surface area contributed by atoms with Gasteiger partial charge in [-0.3, -0.25) is 0 Å². The molecule has 2 amide bonds. The molecular formula is C19H22Cl2N4O3. The molecule has 2 N–H and O–H groups in total. The van der Waals surface area contributed by atoms with Gasteiger partial charge in [-0.25, -0.2) is 14.6 Å². The quantitative estimate of drug-likeness (QED) is 0.734. The van der Waals surface area contributed by atoms with Crippen LogP contribution in [-0.2, 0) is 16.0 Å². The van der Waals surface area contributed by atoms with Gasteiger partial charge in [-0.2, -0.15) is 0 Å². The number of benzene rings is 1. The number of nitrogens with one attached hydrogen (secondary N) is 2. The molecule has 3 rings (SSSR count). The van der Waals surface area contributed by atoms with Crippen LogP contribution >= 0.6 is 23.2 Å². The molecule has 1 aliphatic heterocycles. The van der Waals surface area contributed by atoms with Crippen molar-refractivity contribution in [1.29, 1.82) is 0 Å². The van der Waals surface area contributed by atoms with Crippen LogP contribution in [0.5, 0.6) is 0 Å². The highest BCUT2D eigenvalue weighted by atomic mass is 35.5. The molecule has 1 aromatic heterocycles. The van der Waals surface area contributed by atoms with E-state index in [-0.39, 0.29) is 5.92 Å². The van der Waals surface area contributed by atoms with Gasteiger partial charge < -0.3 is 19.9 Å². The Hall–Kier alpha value is -2.25. The Bertz CT molecular complexity index is 884. The average Bonchev–Trinajstić information content (AvgIpc) is 3.15. The number of hydrogen-bond acceptors (Lipinski definition) is 4. The van der Waals surface area contributed by atoms with Gasteiger partial charge in [0.2, 0.25) is 0 Å². The molecule has 0 aliphatic carbocycles. The third-order valence-corrected chi connectivity index (χ3v) is 5.70. The van der Waals surface area contributed by atoms with Gasteiger partial charge in [-0.1, -0.05) is 49.2 Å². The van der Waals surface area contributed by atoms with Crippen molar-refractivity contribution in [1.82, 2.24) is 20.2 Å². The molecule has 0 saturated heterocycles. The zero-order valence-corrected chi connectivity index (χ0v) is 17.3. The van der Waals surface area contributed by atoms with Crippen LogP contribution in [0.25, 0.3) is 0 Å². The number of rotatable bonds is 4. The highest BCUT2D eigenvalue weighted by Crippen LogP contribution is 2.39. The number of aromatic nitrogens is 2. The maximum Gasteiger partial charge on any atom is 0.328 e. The Balaban J connectivity index is 1.98. The summed E-state index contributed by atoms with van der Waals surface area (Å²) in [5.74, 6) is -0.617. The summed E-state index contributed by atoms with van der Waals surface area (Å²) in [6, 6.07) is 3.63. The number of carbonyl (C=O) groups excluding carboxylic acids is 2. The number of halogens is 2. The lowest BCUT2D eigenvalue weighted by Crippen LogP contribution is -2.53. The SMILES string of the molecule is COC(=O)[C@H](NC(=O)N1CCc2[nH]cnc2[C@H]1c1cccc(Cl)c1Cl)C(C)C. The third-order valence-electron chi connectivity index (χ3n) is 4.86. The fourth-order valence-corrected chi connectivity index (χ4v) is 3.79. The van der Waals surface area contributed by atoms with Gasteiger partial charge in [0.05, 0.1) is 29.2 Å². The van der Waals surface area contributed by atoms with Gasteiger partial charge in [0.25, 0.3) is 0 Å². The number of fused-ring (bicyclic) bond motifs is 1. The summed E-state index contributed by atoms with van der Waals surface area (Å²) in [7, 11) is 1.30. The number of aromatic amines is 1. The van der Waals surface area contributed by atoms with Crippen LogP contribution in [0.15, 0.2) is 24.5 Å². The van der Waals surface area contributed by atoms with E-state index in [9.17, 15) is 9.59 Å². The van der Waals surface area contributed by atoms with Gasteiger partial charge in [0.1, 0.15) is 12.1 Å². The van der Waals surface area contributed by atoms with Crippen LogP contribution in [0.3, 0.4) is 0 Å². The van der Waals surface area contributed by atoms with Crippen molar-refractivity contribution in [2.24, 2.45) is 5.92 Å². The molecule has 7 nitrogen and oxygen atoms in total. The first-order valence-corrected chi connectivity index (χ1v) is 9.71. The van der Waals surface area contributed by atoms with E-state index in [1.807, 2.05) is 19.9 Å². The van der Waals surface area contributed by atoms with Gasteiger partial charge >= 0.3 is 12.0 Å². The Kier molecular flexibility index (Phi) is 6.15. The summed E-state index contributed by atoms with van der Waals surface area (Å²) in [4.78, 5) is 34.4. The molecule has 0 bridgehead atoms. The number of methoxy groups -OCH3 is 1. The molecule has 150 valence electrons. The molecule has 1 aliphatic rings. The second-order valence-corrected chi connectivity index (χ2v) is 7.73. The molecule has 0 spiro atoms. The van der Waals surface area contributed by atoms with Gasteiger partial charge in [0, 0.05) is 24.2 Å². The van der Waals surface area contributed by atoms with Crippen molar-refractivity contribution < 1.29 is 14.3 Å². The van der Waals surface area contributed by atoms with Crippen LogP contribution in [0.2, 0.25) is 10.0 Å². The molecule has 1 aromatic carbocycles. The van der Waals surface area contributed by atoms with Crippen molar-refractivity contribution in [2.75, 3.05) is 13.7 Å². The summed E-state index contributed by atoms with van der Waals surface area (Å²) in [6.45, 7) is 4.12. The van der Waals surface area contributed by atoms with Gasteiger partial charge in [0.15, 0.2) is 0 Å². The topological polar surface area (TPSA) is 87.3 Å². The summed E-state index contributed by atoms with van der Waals surface area (Å²) in [6.07, 6.45) is 2.21. The number of nitrogens with zero attached hydrogens (tertiary/aromatic N) is 2. The Morgan fingerprint density at radius 2 is 2.11 bits per heavy atom. The maximum atomic E-state index is 13.1. The number of carbonyl (C=O) groups is 2. The van der Waals surface area contributed by atoms with E-state index < -0.39 is 24.1 Å². The lowest BCUT2D eigenvalue weighted by atomic mass is 9.95. The average molecular weight is 425 g/mol. The molecule has 2 aromatic rings. The molecule has 28 heavy (non-hydrogen) atoms.